The Bertz CT molecular complexity index is 931. The zero-order valence-corrected chi connectivity index (χ0v) is 16.2. The third-order valence-corrected chi connectivity index (χ3v) is 5.43. The van der Waals surface area contributed by atoms with E-state index in [-0.39, 0.29) is 23.7 Å². The molecule has 2 aromatic carbocycles. The van der Waals surface area contributed by atoms with E-state index < -0.39 is 0 Å². The third-order valence-electron chi connectivity index (χ3n) is 5.43. The van der Waals surface area contributed by atoms with Crippen molar-refractivity contribution in [1.82, 2.24) is 25.5 Å². The molecule has 0 spiro atoms. The van der Waals surface area contributed by atoms with Crippen LogP contribution < -0.4 is 5.32 Å². The lowest BCUT2D eigenvalue weighted by Gasteiger charge is -2.28. The quantitative estimate of drug-likeness (QED) is 0.673. The molecule has 1 heterocycles. The number of hydrogen-bond acceptors (Lipinski definition) is 5. The molecule has 1 amide bonds. The summed E-state index contributed by atoms with van der Waals surface area (Å²) in [5, 5.41) is 25.4. The highest BCUT2D eigenvalue weighted by Crippen LogP contribution is 2.28. The Morgan fingerprint density at radius 3 is 2.48 bits per heavy atom. The number of nitrogens with zero attached hydrogens (tertiary/aromatic N) is 4. The first kappa shape index (κ1) is 19.1. The van der Waals surface area contributed by atoms with Crippen molar-refractivity contribution in [3.05, 3.63) is 60.2 Å². The topological polar surface area (TPSA) is 92.9 Å². The first-order valence-electron chi connectivity index (χ1n) is 10.1. The number of nitrogens with one attached hydrogen (secondary N) is 1. The van der Waals surface area contributed by atoms with E-state index in [0.717, 1.165) is 36.8 Å². The van der Waals surface area contributed by atoms with Crippen molar-refractivity contribution in [1.29, 1.82) is 0 Å². The fourth-order valence-electron chi connectivity index (χ4n) is 3.75. The van der Waals surface area contributed by atoms with E-state index in [1.807, 2.05) is 42.5 Å². The van der Waals surface area contributed by atoms with Crippen molar-refractivity contribution in [3.8, 4) is 17.1 Å². The molecule has 1 fully saturated rings. The summed E-state index contributed by atoms with van der Waals surface area (Å²) in [7, 11) is 0. The van der Waals surface area contributed by atoms with Gasteiger partial charge in [0.25, 0.3) is 0 Å². The predicted octanol–water partition coefficient (Wildman–Crippen LogP) is 3.28. The number of amides is 1. The lowest BCUT2D eigenvalue weighted by atomic mass is 9.91. The number of carbonyl (C=O) groups is 1. The van der Waals surface area contributed by atoms with Crippen molar-refractivity contribution < 1.29 is 9.90 Å². The molecule has 0 aliphatic heterocycles. The van der Waals surface area contributed by atoms with E-state index in [9.17, 15) is 9.90 Å². The average Bonchev–Trinajstić information content (AvgIpc) is 3.25. The summed E-state index contributed by atoms with van der Waals surface area (Å²) >= 11 is 0. The number of carbonyl (C=O) groups excluding carboxylic acids is 1. The maximum absolute atomic E-state index is 12.3. The van der Waals surface area contributed by atoms with Crippen LogP contribution in [0.15, 0.2) is 54.6 Å². The molecule has 7 heteroatoms. The van der Waals surface area contributed by atoms with E-state index in [0.29, 0.717) is 18.7 Å². The Balaban J connectivity index is 1.24. The normalized spacial score (nSPS) is 19.0. The average molecular weight is 391 g/mol. The number of hydrogen-bond donors (Lipinski definition) is 2. The minimum atomic E-state index is 0.0757. The second kappa shape index (κ2) is 8.86. The predicted molar refractivity (Wildman–Crippen MR) is 109 cm³/mol. The van der Waals surface area contributed by atoms with Gasteiger partial charge in [0.2, 0.25) is 11.7 Å². The molecule has 0 radical (unpaired) electrons. The van der Waals surface area contributed by atoms with Crippen LogP contribution >= 0.6 is 0 Å². The van der Waals surface area contributed by atoms with Crippen molar-refractivity contribution >= 4 is 5.91 Å². The molecule has 1 aromatic heterocycles. The maximum Gasteiger partial charge on any atom is 0.220 e. The van der Waals surface area contributed by atoms with Crippen LogP contribution in [0.25, 0.3) is 11.4 Å². The van der Waals surface area contributed by atoms with Gasteiger partial charge in [-0.15, -0.1) is 10.2 Å². The molecule has 1 aliphatic carbocycles. The summed E-state index contributed by atoms with van der Waals surface area (Å²) in [5.74, 6) is 0.967. The Morgan fingerprint density at radius 1 is 1.03 bits per heavy atom. The fraction of sp³-hybridized carbons (Fsp3) is 0.364. The van der Waals surface area contributed by atoms with E-state index in [2.05, 4.69) is 20.7 Å². The number of aryl methyl sites for hydroxylation is 1. The minimum absolute atomic E-state index is 0.0757. The molecule has 1 aliphatic rings. The maximum atomic E-state index is 12.3. The van der Waals surface area contributed by atoms with E-state index in [1.54, 1.807) is 16.9 Å². The molecule has 29 heavy (non-hydrogen) atoms. The van der Waals surface area contributed by atoms with Gasteiger partial charge in [-0.3, -0.25) is 4.79 Å². The summed E-state index contributed by atoms with van der Waals surface area (Å²) in [6.45, 7) is 0. The molecule has 150 valence electrons. The van der Waals surface area contributed by atoms with Crippen molar-refractivity contribution in [2.45, 2.75) is 50.6 Å². The summed E-state index contributed by atoms with van der Waals surface area (Å²) in [4.78, 5) is 14.0. The van der Waals surface area contributed by atoms with Crippen LogP contribution in [0.5, 0.6) is 5.75 Å². The molecule has 0 atom stereocenters. The van der Waals surface area contributed by atoms with Gasteiger partial charge in [-0.2, -0.15) is 4.80 Å². The van der Waals surface area contributed by atoms with Crippen LogP contribution in [-0.2, 0) is 11.2 Å². The van der Waals surface area contributed by atoms with Crippen LogP contribution in [0.4, 0.5) is 0 Å². The highest BCUT2D eigenvalue weighted by molar-refractivity contribution is 5.76. The minimum Gasteiger partial charge on any atom is -0.508 e. The number of benzene rings is 2. The second-order valence-electron chi connectivity index (χ2n) is 7.54. The number of phenols is 1. The Hall–Kier alpha value is -3.22. The van der Waals surface area contributed by atoms with Crippen LogP contribution in [0.3, 0.4) is 0 Å². The first-order valence-corrected chi connectivity index (χ1v) is 10.1. The number of aromatic nitrogens is 4. The highest BCUT2D eigenvalue weighted by Gasteiger charge is 2.25. The van der Waals surface area contributed by atoms with Crippen molar-refractivity contribution in [2.24, 2.45) is 0 Å². The molecular formula is C22H25N5O2. The van der Waals surface area contributed by atoms with Crippen LogP contribution in [0.1, 0.15) is 43.7 Å². The van der Waals surface area contributed by atoms with Gasteiger partial charge in [-0.05, 0) is 55.0 Å². The monoisotopic (exact) mass is 391 g/mol. The van der Waals surface area contributed by atoms with Gasteiger partial charge in [0.1, 0.15) is 5.75 Å². The van der Waals surface area contributed by atoms with Gasteiger partial charge in [0.05, 0.1) is 6.04 Å². The Labute approximate surface area is 169 Å². The van der Waals surface area contributed by atoms with Crippen molar-refractivity contribution in [2.75, 3.05) is 0 Å². The van der Waals surface area contributed by atoms with Crippen molar-refractivity contribution in [3.63, 3.8) is 0 Å². The summed E-state index contributed by atoms with van der Waals surface area (Å²) in [6.07, 6.45) is 4.80. The number of aromatic hydroxyl groups is 1. The number of rotatable bonds is 6. The van der Waals surface area contributed by atoms with E-state index in [1.165, 1.54) is 0 Å². The van der Waals surface area contributed by atoms with E-state index >= 15 is 0 Å². The summed E-state index contributed by atoms with van der Waals surface area (Å²) in [6, 6.07) is 17.3. The Kier molecular flexibility index (Phi) is 5.84. The molecule has 0 saturated heterocycles. The van der Waals surface area contributed by atoms with Crippen LogP contribution in [-0.4, -0.2) is 37.3 Å². The number of phenolic OH excluding ortho intramolecular Hbond substituents is 1. The lowest BCUT2D eigenvalue weighted by Crippen LogP contribution is -2.38. The lowest BCUT2D eigenvalue weighted by molar-refractivity contribution is -0.122. The van der Waals surface area contributed by atoms with Gasteiger partial charge in [0, 0.05) is 18.0 Å². The molecular weight excluding hydrogens is 366 g/mol. The molecule has 4 rings (SSSR count). The van der Waals surface area contributed by atoms with Crippen LogP contribution in [0.2, 0.25) is 0 Å². The van der Waals surface area contributed by atoms with E-state index in [4.69, 9.17) is 0 Å². The second-order valence-corrected chi connectivity index (χ2v) is 7.54. The molecule has 2 N–H and O–H groups in total. The Morgan fingerprint density at radius 2 is 1.76 bits per heavy atom. The smallest absolute Gasteiger partial charge is 0.220 e. The van der Waals surface area contributed by atoms with Gasteiger partial charge < -0.3 is 10.4 Å². The molecule has 1 saturated carbocycles. The third kappa shape index (κ3) is 4.99. The molecule has 7 nitrogen and oxygen atoms in total. The van der Waals surface area contributed by atoms with Gasteiger partial charge in [-0.25, -0.2) is 0 Å². The molecule has 0 unspecified atom stereocenters. The van der Waals surface area contributed by atoms with Crippen LogP contribution in [0, 0.1) is 0 Å². The molecule has 0 bridgehead atoms. The first-order chi connectivity index (χ1) is 14.2. The fourth-order valence-corrected chi connectivity index (χ4v) is 3.75. The zero-order valence-electron chi connectivity index (χ0n) is 16.2. The largest absolute Gasteiger partial charge is 0.508 e. The highest BCUT2D eigenvalue weighted by atomic mass is 16.3. The summed E-state index contributed by atoms with van der Waals surface area (Å²) < 4.78 is 0. The van der Waals surface area contributed by atoms with Gasteiger partial charge >= 0.3 is 0 Å². The number of tetrazole rings is 1. The summed E-state index contributed by atoms with van der Waals surface area (Å²) in [5.41, 5.74) is 2.02. The van der Waals surface area contributed by atoms with Gasteiger partial charge in [-0.1, -0.05) is 42.5 Å². The van der Waals surface area contributed by atoms with Gasteiger partial charge in [0.15, 0.2) is 0 Å². The SMILES string of the molecule is O=C(CCc1ccc(O)cc1)NC1CCC(n2nnc(-c3ccccc3)n2)CC1. The molecule has 3 aromatic rings. The zero-order chi connectivity index (χ0) is 20.1. The standard InChI is InChI=1S/C22H25N5O2/c28-20-13-6-16(7-14-20)8-15-21(29)23-18-9-11-19(12-10-18)27-25-22(24-26-27)17-4-2-1-3-5-17/h1-7,13-14,18-19,28H,8-12,15H2,(H,23,29).